The third-order valence-corrected chi connectivity index (χ3v) is 2.36. The third kappa shape index (κ3) is 1.85. The van der Waals surface area contributed by atoms with Crippen LogP contribution in [0.15, 0.2) is 4.79 Å². The molecule has 3 N–H and O–H groups in total. The van der Waals surface area contributed by atoms with E-state index in [4.69, 9.17) is 15.7 Å². The lowest BCUT2D eigenvalue weighted by Crippen LogP contribution is -2.26. The minimum atomic E-state index is -0.508. The Morgan fingerprint density at radius 3 is 2.75 bits per heavy atom. The van der Waals surface area contributed by atoms with E-state index in [9.17, 15) is 9.90 Å². The Morgan fingerprint density at radius 1 is 1.62 bits per heavy atom. The predicted molar refractivity (Wildman–Crippen MR) is 58.1 cm³/mol. The number of hydrogen-bond acceptors (Lipinski definition) is 5. The number of pyridine rings is 1. The van der Waals surface area contributed by atoms with Crippen molar-refractivity contribution in [2.24, 2.45) is 0 Å². The van der Waals surface area contributed by atoms with Crippen molar-refractivity contribution in [2.45, 2.75) is 13.5 Å². The van der Waals surface area contributed by atoms with Crippen molar-refractivity contribution in [3.63, 3.8) is 0 Å². The van der Waals surface area contributed by atoms with Gasteiger partial charge in [-0.05, 0) is 6.92 Å². The number of nitrogen functional groups attached to an aromatic ring is 1. The predicted octanol–water partition coefficient (Wildman–Crippen LogP) is -0.0374. The Kier molecular flexibility index (Phi) is 3.53. The molecule has 86 valence electrons. The lowest BCUT2D eigenvalue weighted by molar-refractivity contribution is 0.182. The number of nitriles is 1. The molecule has 6 nitrogen and oxygen atoms in total. The van der Waals surface area contributed by atoms with Crippen LogP contribution in [0.4, 0.5) is 5.69 Å². The molecule has 0 amide bonds. The summed E-state index contributed by atoms with van der Waals surface area (Å²) in [6.07, 6.45) is 0. The second-order valence-electron chi connectivity index (χ2n) is 3.30. The number of hydrogen-bond donors (Lipinski definition) is 2. The Labute approximate surface area is 92.5 Å². The minimum absolute atomic E-state index is 0.0215. The van der Waals surface area contributed by atoms with Gasteiger partial charge in [0.25, 0.3) is 5.56 Å². The highest BCUT2D eigenvalue weighted by Gasteiger charge is 2.16. The molecular formula is C10H13N3O3. The molecule has 16 heavy (non-hydrogen) atoms. The molecule has 0 saturated heterocycles. The van der Waals surface area contributed by atoms with Gasteiger partial charge >= 0.3 is 0 Å². The van der Waals surface area contributed by atoms with Crippen molar-refractivity contribution in [3.05, 3.63) is 21.5 Å². The molecule has 1 aromatic heterocycles. The van der Waals surface area contributed by atoms with E-state index in [2.05, 4.69) is 0 Å². The van der Waals surface area contributed by atoms with Gasteiger partial charge in [0, 0.05) is 12.7 Å². The van der Waals surface area contributed by atoms with Gasteiger partial charge in [-0.3, -0.25) is 9.36 Å². The van der Waals surface area contributed by atoms with Gasteiger partial charge in [0.1, 0.15) is 17.3 Å². The fourth-order valence-corrected chi connectivity index (χ4v) is 1.36. The lowest BCUT2D eigenvalue weighted by Gasteiger charge is -2.12. The summed E-state index contributed by atoms with van der Waals surface area (Å²) in [6, 6.07) is 1.82. The second-order valence-corrected chi connectivity index (χ2v) is 3.30. The summed E-state index contributed by atoms with van der Waals surface area (Å²) < 4.78 is 5.84. The molecule has 0 atom stereocenters. The van der Waals surface area contributed by atoms with E-state index in [1.165, 1.54) is 14.0 Å². The fraction of sp³-hybridized carbons (Fsp3) is 0.400. The number of nitrogens with zero attached hydrogens (tertiary/aromatic N) is 2. The highest BCUT2D eigenvalue weighted by molar-refractivity contribution is 5.57. The zero-order valence-electron chi connectivity index (χ0n) is 9.15. The van der Waals surface area contributed by atoms with Crippen LogP contribution in [0.1, 0.15) is 11.1 Å². The second kappa shape index (κ2) is 4.68. The van der Waals surface area contributed by atoms with Gasteiger partial charge in [-0.2, -0.15) is 5.26 Å². The number of aromatic nitrogens is 1. The minimum Gasteiger partial charge on any atom is -0.493 e. The van der Waals surface area contributed by atoms with Crippen LogP contribution in [0.2, 0.25) is 0 Å². The number of rotatable bonds is 3. The van der Waals surface area contributed by atoms with E-state index in [1.54, 1.807) is 0 Å². The Morgan fingerprint density at radius 2 is 2.25 bits per heavy atom. The summed E-state index contributed by atoms with van der Waals surface area (Å²) in [5.41, 5.74) is 5.36. The average molecular weight is 223 g/mol. The molecule has 0 fully saturated rings. The summed E-state index contributed by atoms with van der Waals surface area (Å²) in [4.78, 5) is 11.7. The number of anilines is 1. The van der Waals surface area contributed by atoms with Crippen LogP contribution in [0.3, 0.4) is 0 Å². The topological polar surface area (TPSA) is 101 Å². The number of methoxy groups -OCH3 is 1. The van der Waals surface area contributed by atoms with Crippen molar-refractivity contribution in [1.29, 1.82) is 5.26 Å². The van der Waals surface area contributed by atoms with Gasteiger partial charge in [0.15, 0.2) is 0 Å². The highest BCUT2D eigenvalue weighted by Crippen LogP contribution is 2.21. The summed E-state index contributed by atoms with van der Waals surface area (Å²) in [6.45, 7) is 1.93. The van der Waals surface area contributed by atoms with Gasteiger partial charge in [-0.1, -0.05) is 0 Å². The standard InChI is InChI=1S/C10H13N3O3/c1-6-7(5-11)9(14)13(3-4-16-2)10(15)8(6)12/h14H,3-4,12H2,1-2H3. The molecule has 0 saturated carbocycles. The highest BCUT2D eigenvalue weighted by atomic mass is 16.5. The molecule has 0 spiro atoms. The zero-order chi connectivity index (χ0) is 12.3. The number of ether oxygens (including phenoxy) is 1. The van der Waals surface area contributed by atoms with Gasteiger partial charge in [-0.15, -0.1) is 0 Å². The fourth-order valence-electron chi connectivity index (χ4n) is 1.36. The van der Waals surface area contributed by atoms with E-state index in [0.29, 0.717) is 5.56 Å². The molecular weight excluding hydrogens is 210 g/mol. The van der Waals surface area contributed by atoms with Gasteiger partial charge in [-0.25, -0.2) is 0 Å². The van der Waals surface area contributed by atoms with E-state index in [-0.39, 0.29) is 30.3 Å². The quantitative estimate of drug-likeness (QED) is 0.748. The van der Waals surface area contributed by atoms with Crippen LogP contribution < -0.4 is 11.3 Å². The molecule has 0 bridgehead atoms. The SMILES string of the molecule is COCCn1c(O)c(C#N)c(C)c(N)c1=O. The van der Waals surface area contributed by atoms with Gasteiger partial charge < -0.3 is 15.6 Å². The molecule has 0 unspecified atom stereocenters. The normalized spacial score (nSPS) is 10.1. The Hall–Kier alpha value is -2.00. The molecule has 0 aliphatic rings. The van der Waals surface area contributed by atoms with E-state index in [0.717, 1.165) is 4.57 Å². The first-order valence-electron chi connectivity index (χ1n) is 4.65. The van der Waals surface area contributed by atoms with Crippen LogP contribution in [0, 0.1) is 18.3 Å². The van der Waals surface area contributed by atoms with Crippen LogP contribution >= 0.6 is 0 Å². The van der Waals surface area contributed by atoms with Crippen LogP contribution in [0.25, 0.3) is 0 Å². The molecule has 6 heteroatoms. The van der Waals surface area contributed by atoms with E-state index >= 15 is 0 Å². The maximum atomic E-state index is 11.7. The van der Waals surface area contributed by atoms with Crippen LogP contribution in [0.5, 0.6) is 5.88 Å². The molecule has 0 radical (unpaired) electrons. The zero-order valence-corrected chi connectivity index (χ0v) is 9.15. The van der Waals surface area contributed by atoms with Crippen LogP contribution in [-0.4, -0.2) is 23.4 Å². The van der Waals surface area contributed by atoms with E-state index < -0.39 is 5.56 Å². The maximum absolute atomic E-state index is 11.7. The van der Waals surface area contributed by atoms with Crippen molar-refractivity contribution >= 4 is 5.69 Å². The first-order valence-corrected chi connectivity index (χ1v) is 4.65. The first kappa shape index (κ1) is 12.1. The third-order valence-electron chi connectivity index (χ3n) is 2.36. The summed E-state index contributed by atoms with van der Waals surface area (Å²) >= 11 is 0. The average Bonchev–Trinajstić information content (AvgIpc) is 2.27. The lowest BCUT2D eigenvalue weighted by atomic mass is 10.1. The molecule has 1 aromatic rings. The Bertz CT molecular complexity index is 500. The molecule has 1 heterocycles. The smallest absolute Gasteiger partial charge is 0.276 e. The monoisotopic (exact) mass is 223 g/mol. The number of nitrogens with two attached hydrogens (primary N) is 1. The molecule has 0 aliphatic heterocycles. The Balaban J connectivity index is 3.45. The molecule has 1 rings (SSSR count). The van der Waals surface area contributed by atoms with Crippen molar-refractivity contribution in [1.82, 2.24) is 4.57 Å². The van der Waals surface area contributed by atoms with Gasteiger partial charge in [0.2, 0.25) is 5.88 Å². The first-order chi connectivity index (χ1) is 7.54. The van der Waals surface area contributed by atoms with Crippen molar-refractivity contribution in [2.75, 3.05) is 19.5 Å². The van der Waals surface area contributed by atoms with E-state index in [1.807, 2.05) is 6.07 Å². The molecule has 0 aromatic carbocycles. The van der Waals surface area contributed by atoms with Crippen molar-refractivity contribution in [3.8, 4) is 11.9 Å². The van der Waals surface area contributed by atoms with Gasteiger partial charge in [0.05, 0.1) is 13.2 Å². The summed E-state index contributed by atoms with van der Waals surface area (Å²) in [5, 5.41) is 18.6. The van der Waals surface area contributed by atoms with Crippen molar-refractivity contribution < 1.29 is 9.84 Å². The summed E-state index contributed by atoms with van der Waals surface area (Å²) in [5.74, 6) is -0.365. The largest absolute Gasteiger partial charge is 0.493 e. The number of aromatic hydroxyl groups is 1. The molecule has 0 aliphatic carbocycles. The van der Waals surface area contributed by atoms with Crippen LogP contribution in [-0.2, 0) is 11.3 Å². The maximum Gasteiger partial charge on any atom is 0.276 e. The summed E-state index contributed by atoms with van der Waals surface area (Å²) in [7, 11) is 1.48.